The molecule has 0 aliphatic carbocycles. The van der Waals surface area contributed by atoms with Gasteiger partial charge in [0, 0.05) is 36.2 Å². The molecule has 0 spiro atoms. The van der Waals surface area contributed by atoms with E-state index in [1.54, 1.807) is 63.4 Å². The van der Waals surface area contributed by atoms with E-state index in [1.807, 2.05) is 6.92 Å². The van der Waals surface area contributed by atoms with E-state index < -0.39 is 17.7 Å². The number of primary amides is 1. The van der Waals surface area contributed by atoms with Crippen molar-refractivity contribution in [2.45, 2.75) is 20.8 Å². The highest BCUT2D eigenvalue weighted by Crippen LogP contribution is 2.24. The van der Waals surface area contributed by atoms with Crippen LogP contribution in [0.5, 0.6) is 0 Å². The summed E-state index contributed by atoms with van der Waals surface area (Å²) in [5, 5.41) is 12.7. The molecule has 12 nitrogen and oxygen atoms in total. The minimum Gasteiger partial charge on any atom is -0.383 e. The fourth-order valence-electron chi connectivity index (χ4n) is 4.09. The first-order valence-corrected chi connectivity index (χ1v) is 12.1. The molecule has 12 heteroatoms. The third-order valence-corrected chi connectivity index (χ3v) is 5.84. The van der Waals surface area contributed by atoms with Gasteiger partial charge in [0.2, 0.25) is 5.91 Å². The molecule has 200 valence electrons. The third-order valence-electron chi connectivity index (χ3n) is 5.84. The van der Waals surface area contributed by atoms with Crippen LogP contribution in [0.15, 0.2) is 59.4 Å². The SMILES string of the molecule is CCNc1c(C(=O)Nc2ccc(-n3c(C)nn(C)c3=O)cc2)cc(C)nc1C(=O)Nc1cccc(C(N)=O)c1. The normalized spacial score (nSPS) is 10.7. The van der Waals surface area contributed by atoms with Gasteiger partial charge in [-0.1, -0.05) is 6.07 Å². The zero-order chi connectivity index (χ0) is 28.3. The van der Waals surface area contributed by atoms with Gasteiger partial charge < -0.3 is 21.7 Å². The number of aromatic nitrogens is 4. The molecule has 2 heterocycles. The predicted molar refractivity (Wildman–Crippen MR) is 148 cm³/mol. The first-order chi connectivity index (χ1) is 18.6. The molecule has 5 N–H and O–H groups in total. The number of hydrogen-bond acceptors (Lipinski definition) is 7. The molecular formula is C27H28N8O4. The third kappa shape index (κ3) is 5.69. The van der Waals surface area contributed by atoms with Crippen LogP contribution in [0.25, 0.3) is 5.69 Å². The number of rotatable bonds is 8. The van der Waals surface area contributed by atoms with Crippen LogP contribution < -0.4 is 27.4 Å². The molecule has 2 aromatic carbocycles. The topological polar surface area (TPSA) is 166 Å². The van der Waals surface area contributed by atoms with Gasteiger partial charge in [-0.15, -0.1) is 0 Å². The van der Waals surface area contributed by atoms with E-state index in [0.717, 1.165) is 0 Å². The number of aryl methyl sites for hydroxylation is 3. The standard InChI is InChI=1S/C27H28N8O4/c1-5-29-22-21(13-15(2)30-23(22)26(38)32-19-8-6-7-17(14-19)24(28)36)25(37)31-18-9-11-20(12-10-18)35-16(3)33-34(4)27(35)39/h6-14,29H,5H2,1-4H3,(H2,28,36)(H,31,37)(H,32,38). The molecule has 4 rings (SSSR count). The van der Waals surface area contributed by atoms with Gasteiger partial charge in [0.1, 0.15) is 5.82 Å². The maximum Gasteiger partial charge on any atom is 0.350 e. The van der Waals surface area contributed by atoms with E-state index >= 15 is 0 Å². The highest BCUT2D eigenvalue weighted by molar-refractivity contribution is 6.14. The number of carbonyl (C=O) groups excluding carboxylic acids is 3. The molecule has 3 amide bonds. The van der Waals surface area contributed by atoms with Crippen molar-refractivity contribution >= 4 is 34.8 Å². The number of amides is 3. The average Bonchev–Trinajstić information content (AvgIpc) is 3.16. The molecule has 0 aliphatic heterocycles. The molecule has 2 aromatic heterocycles. The van der Waals surface area contributed by atoms with Gasteiger partial charge in [-0.3, -0.25) is 14.4 Å². The van der Waals surface area contributed by atoms with Gasteiger partial charge in [0.05, 0.1) is 16.9 Å². The number of benzene rings is 2. The number of pyridine rings is 1. The molecule has 0 unspecified atom stereocenters. The van der Waals surface area contributed by atoms with Crippen LogP contribution in [-0.2, 0) is 7.05 Å². The fourth-order valence-corrected chi connectivity index (χ4v) is 4.09. The Balaban J connectivity index is 1.62. The summed E-state index contributed by atoms with van der Waals surface area (Å²) in [5.74, 6) is -1.10. The van der Waals surface area contributed by atoms with Crippen LogP contribution in [0.1, 0.15) is 49.6 Å². The Bertz CT molecular complexity index is 1640. The number of anilines is 3. The predicted octanol–water partition coefficient (Wildman–Crippen LogP) is 2.62. The Labute approximate surface area is 223 Å². The van der Waals surface area contributed by atoms with Crippen molar-refractivity contribution in [3.8, 4) is 5.69 Å². The minimum atomic E-state index is -0.622. The zero-order valence-electron chi connectivity index (χ0n) is 21.9. The summed E-state index contributed by atoms with van der Waals surface area (Å²) in [4.78, 5) is 54.8. The Hall–Kier alpha value is -5.26. The number of hydrogen-bond donors (Lipinski definition) is 4. The van der Waals surface area contributed by atoms with Crippen molar-refractivity contribution in [2.24, 2.45) is 12.8 Å². The number of carbonyl (C=O) groups is 3. The summed E-state index contributed by atoms with van der Waals surface area (Å²) in [6.45, 7) is 5.67. The Morgan fingerprint density at radius 2 is 1.64 bits per heavy atom. The van der Waals surface area contributed by atoms with E-state index in [9.17, 15) is 19.2 Å². The molecule has 0 saturated carbocycles. The van der Waals surface area contributed by atoms with Crippen LogP contribution in [0, 0.1) is 13.8 Å². The summed E-state index contributed by atoms with van der Waals surface area (Å²) < 4.78 is 2.71. The Morgan fingerprint density at radius 1 is 0.949 bits per heavy atom. The summed E-state index contributed by atoms with van der Waals surface area (Å²) >= 11 is 0. The lowest BCUT2D eigenvalue weighted by Gasteiger charge is -2.16. The van der Waals surface area contributed by atoms with Gasteiger partial charge in [0.25, 0.3) is 11.8 Å². The highest BCUT2D eigenvalue weighted by atomic mass is 16.2. The maximum absolute atomic E-state index is 13.4. The lowest BCUT2D eigenvalue weighted by Crippen LogP contribution is -2.22. The highest BCUT2D eigenvalue weighted by Gasteiger charge is 2.22. The second-order valence-electron chi connectivity index (χ2n) is 8.75. The molecule has 0 aliphatic rings. The summed E-state index contributed by atoms with van der Waals surface area (Å²) in [6.07, 6.45) is 0. The summed E-state index contributed by atoms with van der Waals surface area (Å²) in [5.41, 5.74) is 7.73. The molecule has 0 bridgehead atoms. The molecule has 0 radical (unpaired) electrons. The monoisotopic (exact) mass is 528 g/mol. The van der Waals surface area contributed by atoms with Crippen molar-refractivity contribution in [3.63, 3.8) is 0 Å². The number of nitrogens with two attached hydrogens (primary N) is 1. The van der Waals surface area contributed by atoms with Crippen LogP contribution in [-0.4, -0.2) is 43.6 Å². The van der Waals surface area contributed by atoms with E-state index in [4.69, 9.17) is 5.73 Å². The summed E-state index contributed by atoms with van der Waals surface area (Å²) in [7, 11) is 1.58. The van der Waals surface area contributed by atoms with Crippen molar-refractivity contribution in [3.05, 3.63) is 93.4 Å². The van der Waals surface area contributed by atoms with Gasteiger partial charge in [-0.25, -0.2) is 19.0 Å². The second kappa shape index (κ2) is 11.0. The largest absolute Gasteiger partial charge is 0.383 e. The van der Waals surface area contributed by atoms with Crippen LogP contribution >= 0.6 is 0 Å². The Kier molecular flexibility index (Phi) is 7.56. The lowest BCUT2D eigenvalue weighted by atomic mass is 10.1. The molecule has 0 atom stereocenters. The van der Waals surface area contributed by atoms with Gasteiger partial charge >= 0.3 is 5.69 Å². The quantitative estimate of drug-likeness (QED) is 0.273. The van der Waals surface area contributed by atoms with Crippen molar-refractivity contribution in [1.82, 2.24) is 19.3 Å². The maximum atomic E-state index is 13.4. The lowest BCUT2D eigenvalue weighted by molar-refractivity contribution is 0.0994. The van der Waals surface area contributed by atoms with E-state index in [1.165, 1.54) is 21.4 Å². The first kappa shape index (κ1) is 26.8. The number of nitrogens with one attached hydrogen (secondary N) is 3. The smallest absolute Gasteiger partial charge is 0.350 e. The van der Waals surface area contributed by atoms with Gasteiger partial charge in [-0.2, -0.15) is 5.10 Å². The van der Waals surface area contributed by atoms with Crippen LogP contribution in [0.2, 0.25) is 0 Å². The van der Waals surface area contributed by atoms with Crippen molar-refractivity contribution in [1.29, 1.82) is 0 Å². The zero-order valence-corrected chi connectivity index (χ0v) is 21.9. The molecule has 0 fully saturated rings. The molecule has 0 saturated heterocycles. The van der Waals surface area contributed by atoms with Gasteiger partial charge in [-0.05, 0) is 69.3 Å². The average molecular weight is 529 g/mol. The summed E-state index contributed by atoms with van der Waals surface area (Å²) in [6, 6.07) is 14.6. The Morgan fingerprint density at radius 3 is 2.26 bits per heavy atom. The molecular weight excluding hydrogens is 500 g/mol. The van der Waals surface area contributed by atoms with Crippen LogP contribution in [0.3, 0.4) is 0 Å². The molecule has 4 aromatic rings. The number of nitrogens with zero attached hydrogens (tertiary/aromatic N) is 4. The molecule has 39 heavy (non-hydrogen) atoms. The van der Waals surface area contributed by atoms with E-state index in [0.29, 0.717) is 35.1 Å². The van der Waals surface area contributed by atoms with Gasteiger partial charge in [0.15, 0.2) is 5.69 Å². The minimum absolute atomic E-state index is 0.0215. The van der Waals surface area contributed by atoms with Crippen molar-refractivity contribution in [2.75, 3.05) is 22.5 Å². The fraction of sp³-hybridized carbons (Fsp3) is 0.185. The van der Waals surface area contributed by atoms with E-state index in [-0.39, 0.29) is 28.2 Å². The van der Waals surface area contributed by atoms with Crippen molar-refractivity contribution < 1.29 is 14.4 Å². The van der Waals surface area contributed by atoms with Crippen LogP contribution in [0.4, 0.5) is 17.1 Å². The first-order valence-electron chi connectivity index (χ1n) is 12.1. The van der Waals surface area contributed by atoms with E-state index in [2.05, 4.69) is 26.0 Å². The second-order valence-corrected chi connectivity index (χ2v) is 8.75.